The number of ether oxygens (including phenoxy) is 1. The number of aromatic nitrogens is 3. The minimum Gasteiger partial charge on any atom is -0.481 e. The number of aliphatic carboxylic acids is 1. The van der Waals surface area contributed by atoms with Gasteiger partial charge in [-0.3, -0.25) is 28.9 Å². The summed E-state index contributed by atoms with van der Waals surface area (Å²) in [5.74, 6) is -3.80. The van der Waals surface area contributed by atoms with Crippen molar-refractivity contribution < 1.29 is 47.0 Å². The summed E-state index contributed by atoms with van der Waals surface area (Å²) in [4.78, 5) is 80.8. The Morgan fingerprint density at radius 1 is 1.05 bits per heavy atom. The van der Waals surface area contributed by atoms with Gasteiger partial charge in [-0.1, -0.05) is 34.1 Å². The lowest BCUT2D eigenvalue weighted by Gasteiger charge is -2.37. The van der Waals surface area contributed by atoms with Crippen molar-refractivity contribution in [1.82, 2.24) is 35.4 Å². The van der Waals surface area contributed by atoms with Crippen molar-refractivity contribution >= 4 is 41.0 Å². The van der Waals surface area contributed by atoms with Gasteiger partial charge in [0.2, 0.25) is 11.8 Å². The Bertz CT molecular complexity index is 1650. The van der Waals surface area contributed by atoms with Crippen molar-refractivity contribution in [2.75, 3.05) is 20.1 Å². The highest BCUT2D eigenvalue weighted by molar-refractivity contribution is 7.09. The number of piperidine rings is 1. The van der Waals surface area contributed by atoms with E-state index in [4.69, 9.17) is 4.74 Å². The maximum atomic E-state index is 14.1. The van der Waals surface area contributed by atoms with Crippen molar-refractivity contribution in [1.29, 1.82) is 0 Å². The number of hydrogen-bond acceptors (Lipinski definition) is 11. The van der Waals surface area contributed by atoms with Crippen LogP contribution in [0.3, 0.4) is 0 Å². The van der Waals surface area contributed by atoms with E-state index >= 15 is 0 Å². The van der Waals surface area contributed by atoms with Crippen molar-refractivity contribution in [3.8, 4) is 0 Å². The molecule has 55 heavy (non-hydrogen) atoms. The fourth-order valence-corrected chi connectivity index (χ4v) is 7.79. The molecule has 3 amide bonds. The second kappa shape index (κ2) is 19.1. The predicted octanol–water partition coefficient (Wildman–Crippen LogP) is 4.65. The predicted molar refractivity (Wildman–Crippen MR) is 196 cm³/mol. The second-order valence-corrected chi connectivity index (χ2v) is 15.8. The van der Waals surface area contributed by atoms with Gasteiger partial charge in [-0.15, -0.1) is 11.3 Å². The first-order valence-corrected chi connectivity index (χ1v) is 19.6. The van der Waals surface area contributed by atoms with Crippen molar-refractivity contribution in [3.63, 3.8) is 0 Å². The van der Waals surface area contributed by atoms with Gasteiger partial charge in [0, 0.05) is 56.7 Å². The third-order valence-electron chi connectivity index (χ3n) is 10.2. The summed E-state index contributed by atoms with van der Waals surface area (Å²) in [7, 11) is 1.68. The molecule has 18 heteroatoms. The highest BCUT2D eigenvalue weighted by atomic mass is 32.1. The number of nitrogens with one attached hydrogen (secondary N) is 2. The van der Waals surface area contributed by atoms with E-state index in [1.54, 1.807) is 11.9 Å². The standard InChI is InChI=1S/C37H52F3N7O7S/c1-7-47-13-9-8-10-27(47)33(50)45-31(23-11-12-23)35(51)46(6)28(20(2)3)16-29(54-22(5)48)34-44-26(19-55-34)32(49)43-25(14-21(4)36(52)53)15-30-41-17-24(18-42-30)37(38,39)40/h17-21,23,25,27-29,31H,7-16H2,1-6H3,(H,43,49)(H,45,50)(H,52,53)/t21-,25+,27+,28+,29+,31-/m0/s1. The van der Waals surface area contributed by atoms with Gasteiger partial charge < -0.3 is 25.4 Å². The quantitative estimate of drug-likeness (QED) is 0.179. The molecule has 1 saturated carbocycles. The number of amides is 3. The van der Waals surface area contributed by atoms with Crippen LogP contribution in [0.25, 0.3) is 0 Å². The second-order valence-electron chi connectivity index (χ2n) is 14.9. The Morgan fingerprint density at radius 3 is 2.29 bits per heavy atom. The van der Waals surface area contributed by atoms with E-state index in [0.717, 1.165) is 56.5 Å². The number of carbonyl (C=O) groups is 5. The number of thiazole rings is 1. The summed E-state index contributed by atoms with van der Waals surface area (Å²) >= 11 is 1.06. The third-order valence-corrected chi connectivity index (χ3v) is 11.2. The molecule has 2 aromatic rings. The summed E-state index contributed by atoms with van der Waals surface area (Å²) in [6, 6.07) is -2.30. The normalized spacial score (nSPS) is 19.1. The Balaban J connectivity index is 1.49. The lowest BCUT2D eigenvalue weighted by Crippen LogP contribution is -2.57. The van der Waals surface area contributed by atoms with Crippen molar-refractivity contribution in [3.05, 3.63) is 39.9 Å². The minimum absolute atomic E-state index is 0.0245. The molecule has 0 unspecified atom stereocenters. The molecule has 3 N–H and O–H groups in total. The zero-order chi connectivity index (χ0) is 40.6. The smallest absolute Gasteiger partial charge is 0.419 e. The van der Waals surface area contributed by atoms with Gasteiger partial charge in [0.15, 0.2) is 6.10 Å². The number of carboxylic acids is 1. The topological polar surface area (TPSA) is 184 Å². The van der Waals surface area contributed by atoms with Gasteiger partial charge >= 0.3 is 18.1 Å². The number of hydrogen-bond donors (Lipinski definition) is 3. The average Bonchev–Trinajstić information content (AvgIpc) is 3.85. The number of nitrogens with zero attached hydrogens (tertiary/aromatic N) is 5. The molecule has 4 rings (SSSR count). The molecular weight excluding hydrogens is 744 g/mol. The molecule has 0 radical (unpaired) electrons. The molecule has 2 fully saturated rings. The van der Waals surface area contributed by atoms with Crippen LogP contribution in [0.5, 0.6) is 0 Å². The number of alkyl halides is 3. The first kappa shape index (κ1) is 43.5. The molecule has 1 aliphatic heterocycles. The Hall–Kier alpha value is -4.19. The van der Waals surface area contributed by atoms with E-state index in [-0.39, 0.29) is 65.5 Å². The van der Waals surface area contributed by atoms with Crippen LogP contribution < -0.4 is 10.6 Å². The van der Waals surface area contributed by atoms with Crippen LogP contribution >= 0.6 is 11.3 Å². The fourth-order valence-electron chi connectivity index (χ4n) is 6.95. The summed E-state index contributed by atoms with van der Waals surface area (Å²) in [6.07, 6.45) is -0.0345. The SMILES string of the molecule is CCN1CCCC[C@@H]1C(=O)N[C@H](C(=O)N(C)[C@H](C[C@@H](OC(C)=O)c1nc(C(=O)N[C@@H](Cc2ncc(C(F)(F)F)cn2)C[C@H](C)C(=O)O)cs1)C(C)C)C1CC1. The van der Waals surface area contributed by atoms with Crippen LogP contribution in [0.15, 0.2) is 17.8 Å². The number of carboxylic acid groups (broad SMARTS) is 1. The number of likely N-dealkylation sites (tertiary alicyclic amines) is 1. The monoisotopic (exact) mass is 795 g/mol. The van der Waals surface area contributed by atoms with Crippen LogP contribution in [0.2, 0.25) is 0 Å². The molecule has 0 bridgehead atoms. The van der Waals surface area contributed by atoms with Crippen molar-refractivity contribution in [2.45, 2.75) is 122 Å². The fraction of sp³-hybridized carbons (Fsp3) is 0.676. The molecule has 304 valence electrons. The van der Waals surface area contributed by atoms with E-state index in [1.165, 1.54) is 19.2 Å². The minimum atomic E-state index is -4.64. The van der Waals surface area contributed by atoms with Gasteiger partial charge in [0.05, 0.1) is 17.5 Å². The van der Waals surface area contributed by atoms with Crippen LogP contribution in [0.1, 0.15) is 113 Å². The molecule has 2 aliphatic rings. The molecule has 6 atom stereocenters. The third kappa shape index (κ3) is 12.1. The molecule has 3 heterocycles. The van der Waals surface area contributed by atoms with Gasteiger partial charge in [-0.25, -0.2) is 15.0 Å². The van der Waals surface area contributed by atoms with Gasteiger partial charge in [-0.05, 0) is 57.0 Å². The van der Waals surface area contributed by atoms with E-state index in [1.807, 2.05) is 20.8 Å². The van der Waals surface area contributed by atoms with Gasteiger partial charge in [0.25, 0.3) is 5.91 Å². The van der Waals surface area contributed by atoms with E-state index < -0.39 is 59.7 Å². The Morgan fingerprint density at radius 2 is 1.73 bits per heavy atom. The summed E-state index contributed by atoms with van der Waals surface area (Å²) < 4.78 is 44.8. The van der Waals surface area contributed by atoms with Crippen LogP contribution in [0.4, 0.5) is 13.2 Å². The van der Waals surface area contributed by atoms with Crippen molar-refractivity contribution in [2.24, 2.45) is 17.8 Å². The van der Waals surface area contributed by atoms with Gasteiger partial charge in [-0.2, -0.15) is 13.2 Å². The number of likely N-dealkylation sites (N-methyl/N-ethyl adjacent to an activating group) is 2. The molecular formula is C37H52F3N7O7S. The number of carbonyl (C=O) groups excluding carboxylic acids is 4. The number of esters is 1. The van der Waals surface area contributed by atoms with Crippen LogP contribution in [0, 0.1) is 17.8 Å². The Labute approximate surface area is 323 Å². The first-order chi connectivity index (χ1) is 25.9. The molecule has 14 nitrogen and oxygen atoms in total. The maximum absolute atomic E-state index is 14.1. The van der Waals surface area contributed by atoms with Crippen LogP contribution in [-0.4, -0.2) is 104 Å². The molecule has 0 spiro atoms. The maximum Gasteiger partial charge on any atom is 0.419 e. The first-order valence-electron chi connectivity index (χ1n) is 18.7. The largest absolute Gasteiger partial charge is 0.481 e. The zero-order valence-electron chi connectivity index (χ0n) is 32.1. The highest BCUT2D eigenvalue weighted by Gasteiger charge is 2.43. The zero-order valence-corrected chi connectivity index (χ0v) is 32.9. The number of rotatable bonds is 18. The summed E-state index contributed by atoms with van der Waals surface area (Å²) in [5, 5.41) is 17.0. The summed E-state index contributed by atoms with van der Waals surface area (Å²) in [6.45, 7) is 10.2. The Kier molecular flexibility index (Phi) is 15.1. The average molecular weight is 796 g/mol. The van der Waals surface area contributed by atoms with Gasteiger partial charge in [0.1, 0.15) is 22.6 Å². The van der Waals surface area contributed by atoms with E-state index in [2.05, 4.69) is 30.5 Å². The molecule has 1 saturated heterocycles. The van der Waals surface area contributed by atoms with Crippen LogP contribution in [-0.2, 0) is 36.5 Å². The number of halogens is 3. The lowest BCUT2D eigenvalue weighted by atomic mass is 9.95. The molecule has 2 aromatic heterocycles. The lowest BCUT2D eigenvalue weighted by molar-refractivity contribution is -0.149. The van der Waals surface area contributed by atoms with E-state index in [9.17, 15) is 42.3 Å². The molecule has 1 aliphatic carbocycles. The van der Waals surface area contributed by atoms with E-state index in [0.29, 0.717) is 12.4 Å². The summed E-state index contributed by atoms with van der Waals surface area (Å²) in [5.41, 5.74) is -1.10. The highest BCUT2D eigenvalue weighted by Crippen LogP contribution is 2.36. The molecule has 0 aromatic carbocycles.